The Bertz CT molecular complexity index is 788. The van der Waals surface area contributed by atoms with Gasteiger partial charge in [0.1, 0.15) is 11.6 Å². The Morgan fingerprint density at radius 3 is 3.11 bits per heavy atom. The van der Waals surface area contributed by atoms with Crippen molar-refractivity contribution < 1.29 is 6.15 Å². The number of aryl methyl sites for hydroxylation is 1. The van der Waals surface area contributed by atoms with E-state index in [1.165, 1.54) is 29.3 Å². The molecule has 19 heavy (non-hydrogen) atoms. The number of aromatic amines is 1. The van der Waals surface area contributed by atoms with Crippen LogP contribution in [0.3, 0.4) is 0 Å². The van der Waals surface area contributed by atoms with Crippen LogP contribution in [0.4, 0.5) is 0 Å². The van der Waals surface area contributed by atoms with Gasteiger partial charge in [-0.1, -0.05) is 0 Å². The van der Waals surface area contributed by atoms with Gasteiger partial charge in [-0.2, -0.15) is 4.68 Å². The Balaban J connectivity index is 1.83. The van der Waals surface area contributed by atoms with Gasteiger partial charge in [0, 0.05) is 24.9 Å². The van der Waals surface area contributed by atoms with Gasteiger partial charge in [-0.05, 0) is 21.9 Å². The van der Waals surface area contributed by atoms with Crippen LogP contribution >= 0.6 is 11.3 Å². The molecule has 0 fully saturated rings. The second-order valence-corrected chi connectivity index (χ2v) is 4.60. The SMILES string of the molecule is [3H]n1ccc(OCc2ccsc2-n2nnn(C)c2=O)n1. The largest absolute Gasteiger partial charge is 0.472 e. The molecule has 0 saturated heterocycles. The molecule has 0 atom stereocenters. The predicted octanol–water partition coefficient (Wildman–Crippen LogP) is 0.330. The lowest BCUT2D eigenvalue weighted by Crippen LogP contribution is -2.22. The molecule has 98 valence electrons. The van der Waals surface area contributed by atoms with Crippen molar-refractivity contribution >= 4 is 11.3 Å². The van der Waals surface area contributed by atoms with E-state index in [0.717, 1.165) is 15.3 Å². The topological polar surface area (TPSA) is 90.6 Å². The Labute approximate surface area is 112 Å². The summed E-state index contributed by atoms with van der Waals surface area (Å²) in [5.74, 6) is 0.351. The zero-order valence-corrected chi connectivity index (χ0v) is 10.7. The molecule has 3 rings (SSSR count). The summed E-state index contributed by atoms with van der Waals surface area (Å²) in [5.41, 5.74) is 0.487. The summed E-state index contributed by atoms with van der Waals surface area (Å²) in [6.45, 7) is 0.235. The first kappa shape index (κ1) is 10.5. The number of hydrogen-bond acceptors (Lipinski definition) is 6. The van der Waals surface area contributed by atoms with E-state index < -0.39 is 0 Å². The molecule has 0 aliphatic carbocycles. The Hall–Kier alpha value is -2.42. The Kier molecular flexibility index (Phi) is 2.59. The van der Waals surface area contributed by atoms with Gasteiger partial charge in [0.2, 0.25) is 5.88 Å². The van der Waals surface area contributed by atoms with E-state index in [0.29, 0.717) is 10.9 Å². The van der Waals surface area contributed by atoms with Crippen molar-refractivity contribution in [2.24, 2.45) is 7.05 Å². The fraction of sp³-hybridized carbons (Fsp3) is 0.200. The molecule has 0 spiro atoms. The van der Waals surface area contributed by atoms with Crippen LogP contribution in [0.1, 0.15) is 5.56 Å². The zero-order valence-electron chi connectivity index (χ0n) is 10.9. The van der Waals surface area contributed by atoms with Gasteiger partial charge in [0.15, 0.2) is 1.41 Å². The highest BCUT2D eigenvalue weighted by molar-refractivity contribution is 7.12. The first-order valence-corrected chi connectivity index (χ1v) is 6.26. The van der Waals surface area contributed by atoms with Crippen molar-refractivity contribution in [3.8, 4) is 10.9 Å². The number of ether oxygens (including phenoxy) is 1. The lowest BCUT2D eigenvalue weighted by atomic mass is 10.3. The van der Waals surface area contributed by atoms with E-state index in [1.807, 2.05) is 11.4 Å². The van der Waals surface area contributed by atoms with Crippen LogP contribution in [-0.4, -0.2) is 30.0 Å². The smallest absolute Gasteiger partial charge is 0.368 e. The lowest BCUT2D eigenvalue weighted by Gasteiger charge is -2.03. The molecule has 1 N–H and O–H groups in total. The number of nitrogens with zero attached hydrogens (tertiary/aromatic N) is 5. The Morgan fingerprint density at radius 2 is 2.42 bits per heavy atom. The quantitative estimate of drug-likeness (QED) is 0.743. The average Bonchev–Trinajstić information content (AvgIpc) is 3.11. The van der Waals surface area contributed by atoms with Gasteiger partial charge < -0.3 is 4.74 Å². The van der Waals surface area contributed by atoms with Crippen LogP contribution < -0.4 is 10.4 Å². The highest BCUT2D eigenvalue weighted by atomic mass is 32.1. The second kappa shape index (κ2) is 4.69. The highest BCUT2D eigenvalue weighted by Crippen LogP contribution is 2.20. The van der Waals surface area contributed by atoms with Crippen molar-refractivity contribution in [2.45, 2.75) is 6.61 Å². The number of aromatic nitrogens is 6. The minimum absolute atomic E-state index is 0.235. The molecule has 3 aromatic heterocycles. The third-order valence-corrected chi connectivity index (χ3v) is 3.38. The first-order valence-electron chi connectivity index (χ1n) is 5.83. The molecule has 9 heteroatoms. The number of tetrazole rings is 1. The molecule has 0 bridgehead atoms. The summed E-state index contributed by atoms with van der Waals surface area (Å²) in [6, 6.07) is 3.44. The van der Waals surface area contributed by atoms with Crippen molar-refractivity contribution in [1.82, 2.24) is 30.0 Å². The van der Waals surface area contributed by atoms with Gasteiger partial charge in [0.25, 0.3) is 0 Å². The fourth-order valence-electron chi connectivity index (χ4n) is 1.51. The fourth-order valence-corrected chi connectivity index (χ4v) is 2.37. The molecule has 3 heterocycles. The van der Waals surface area contributed by atoms with Crippen molar-refractivity contribution in [1.29, 1.82) is 0 Å². The van der Waals surface area contributed by atoms with Crippen molar-refractivity contribution in [3.63, 3.8) is 0 Å². The molecule has 0 radical (unpaired) electrons. The monoisotopic (exact) mass is 280 g/mol. The number of rotatable bonds is 4. The third kappa shape index (κ3) is 2.15. The number of H-pyrrole nitrogens is 1. The van der Waals surface area contributed by atoms with E-state index in [4.69, 9.17) is 6.15 Å². The molecular formula is C10H10N6O2S. The molecular weight excluding hydrogens is 268 g/mol. The summed E-state index contributed by atoms with van der Waals surface area (Å²) in [5, 5.41) is 14.7. The average molecular weight is 280 g/mol. The lowest BCUT2D eigenvalue weighted by molar-refractivity contribution is 0.293. The van der Waals surface area contributed by atoms with E-state index in [9.17, 15) is 4.79 Å². The summed E-state index contributed by atoms with van der Waals surface area (Å²) in [6.07, 6.45) is 1.47. The maximum absolute atomic E-state index is 11.8. The first-order chi connectivity index (χ1) is 9.65. The zero-order chi connectivity index (χ0) is 14.1. The van der Waals surface area contributed by atoms with Crippen molar-refractivity contribution in [2.75, 3.05) is 0 Å². The second-order valence-electron chi connectivity index (χ2n) is 3.71. The molecule has 0 aliphatic heterocycles. The molecule has 0 aromatic carbocycles. The maximum Gasteiger partial charge on any atom is 0.368 e. The molecule has 0 saturated carbocycles. The van der Waals surface area contributed by atoms with Gasteiger partial charge in [-0.25, -0.2) is 4.79 Å². The summed E-state index contributed by atoms with van der Waals surface area (Å²) in [7, 11) is 1.54. The van der Waals surface area contributed by atoms with Crippen LogP contribution in [0.2, 0.25) is 1.41 Å². The van der Waals surface area contributed by atoms with Crippen LogP contribution in [0.25, 0.3) is 5.00 Å². The number of thiophene rings is 1. The van der Waals surface area contributed by atoms with Gasteiger partial charge in [-0.3, -0.25) is 5.09 Å². The summed E-state index contributed by atoms with van der Waals surface area (Å²) in [4.78, 5) is 11.8. The Morgan fingerprint density at radius 1 is 1.53 bits per heavy atom. The molecule has 0 amide bonds. The molecule has 0 aliphatic rings. The minimum atomic E-state index is -0.316. The predicted molar refractivity (Wildman–Crippen MR) is 67.4 cm³/mol. The molecule has 0 unspecified atom stereocenters. The van der Waals surface area contributed by atoms with E-state index in [1.54, 1.807) is 6.07 Å². The van der Waals surface area contributed by atoms with Crippen molar-refractivity contribution in [3.05, 3.63) is 39.8 Å². The summed E-state index contributed by atoms with van der Waals surface area (Å²) < 4.78 is 15.1. The normalized spacial score (nSPS) is 11.5. The van der Waals surface area contributed by atoms with E-state index >= 15 is 0 Å². The van der Waals surface area contributed by atoms with Crippen LogP contribution in [0.5, 0.6) is 5.88 Å². The highest BCUT2D eigenvalue weighted by Gasteiger charge is 2.13. The van der Waals surface area contributed by atoms with E-state index in [2.05, 4.69) is 15.5 Å². The van der Waals surface area contributed by atoms with Gasteiger partial charge in [-0.15, -0.1) is 21.1 Å². The van der Waals surface area contributed by atoms with Crippen LogP contribution in [0.15, 0.2) is 28.5 Å². The van der Waals surface area contributed by atoms with Gasteiger partial charge in [0.05, 0.1) is 0 Å². The number of nitrogens with one attached hydrogen (secondary N) is 1. The summed E-state index contributed by atoms with van der Waals surface area (Å²) >= 11 is 1.37. The standard InChI is InChI=1S/C10H10N6O2S/c1-15-10(17)16(14-13-15)9-7(3-5-19-9)6-18-8-2-4-11-12-8/h2-5H,6H2,1H3,(H,11,12)/i/hT. The number of hydrogen-bond donors (Lipinski definition) is 1. The van der Waals surface area contributed by atoms with Crippen LogP contribution in [0, 0.1) is 0 Å². The minimum Gasteiger partial charge on any atom is -0.472 e. The van der Waals surface area contributed by atoms with Gasteiger partial charge >= 0.3 is 5.69 Å². The van der Waals surface area contributed by atoms with E-state index in [-0.39, 0.29) is 12.3 Å². The molecule has 3 aromatic rings. The third-order valence-electron chi connectivity index (χ3n) is 2.45. The van der Waals surface area contributed by atoms with Crippen LogP contribution in [-0.2, 0) is 13.7 Å². The molecule has 8 nitrogen and oxygen atoms in total. The maximum atomic E-state index is 11.8.